The lowest BCUT2D eigenvalue weighted by molar-refractivity contribution is 0.559. The summed E-state index contributed by atoms with van der Waals surface area (Å²) < 4.78 is 3.17. The van der Waals surface area contributed by atoms with Crippen molar-refractivity contribution in [1.29, 1.82) is 0 Å². The maximum Gasteiger partial charge on any atom is 0.0850 e. The monoisotopic (exact) mass is 403 g/mol. The molecule has 0 bridgehead atoms. The molecular weight excluding hydrogens is 385 g/mol. The van der Waals surface area contributed by atoms with Gasteiger partial charge < -0.3 is 5.32 Å². The van der Waals surface area contributed by atoms with E-state index in [9.17, 15) is 0 Å². The van der Waals surface area contributed by atoms with Crippen LogP contribution in [0.2, 0.25) is 5.02 Å². The molecule has 0 saturated heterocycles. The largest absolute Gasteiger partial charge is 0.313 e. The number of likely N-dealkylation sites (N-methyl/N-ethyl adjacent to an activating group) is 1. The lowest BCUT2D eigenvalue weighted by Gasteiger charge is -2.18. The van der Waals surface area contributed by atoms with Crippen LogP contribution in [0.3, 0.4) is 0 Å². The van der Waals surface area contributed by atoms with E-state index in [0.717, 1.165) is 29.3 Å². The number of aromatic nitrogens is 2. The number of halogens is 2. The number of nitrogens with zero attached hydrogens (tertiary/aromatic N) is 2. The molecule has 0 saturated carbocycles. The van der Waals surface area contributed by atoms with Crippen molar-refractivity contribution in [3.63, 3.8) is 0 Å². The van der Waals surface area contributed by atoms with Gasteiger partial charge in [0.2, 0.25) is 0 Å². The van der Waals surface area contributed by atoms with Crippen LogP contribution < -0.4 is 5.32 Å². The number of aryl methyl sites for hydroxylation is 2. The molecule has 0 fully saturated rings. The maximum absolute atomic E-state index is 6.45. The molecule has 0 spiro atoms. The lowest BCUT2D eigenvalue weighted by atomic mass is 10.0. The molecule has 20 heavy (non-hydrogen) atoms. The van der Waals surface area contributed by atoms with Gasteiger partial charge in [-0.1, -0.05) is 36.7 Å². The first-order valence-corrected chi connectivity index (χ1v) is 8.16. The molecule has 1 unspecified atom stereocenters. The van der Waals surface area contributed by atoms with Gasteiger partial charge >= 0.3 is 0 Å². The Hall–Kier alpha value is -0.590. The van der Waals surface area contributed by atoms with Gasteiger partial charge in [0.25, 0.3) is 0 Å². The molecule has 0 radical (unpaired) electrons. The molecule has 1 aromatic heterocycles. The molecule has 3 nitrogen and oxygen atoms in total. The van der Waals surface area contributed by atoms with E-state index in [1.54, 1.807) is 0 Å². The molecule has 0 aliphatic heterocycles. The summed E-state index contributed by atoms with van der Waals surface area (Å²) >= 11 is 8.82. The summed E-state index contributed by atoms with van der Waals surface area (Å²) in [6, 6.07) is 8.66. The molecule has 1 heterocycles. The molecule has 0 aliphatic rings. The number of benzene rings is 1. The van der Waals surface area contributed by atoms with E-state index < -0.39 is 0 Å². The highest BCUT2D eigenvalue weighted by atomic mass is 127. The number of hydrogen-bond acceptors (Lipinski definition) is 2. The van der Waals surface area contributed by atoms with E-state index in [2.05, 4.69) is 64.2 Å². The van der Waals surface area contributed by atoms with Crippen molar-refractivity contribution in [1.82, 2.24) is 15.1 Å². The molecule has 0 aliphatic carbocycles. The first-order valence-electron chi connectivity index (χ1n) is 6.70. The third-order valence-electron chi connectivity index (χ3n) is 3.53. The van der Waals surface area contributed by atoms with Crippen LogP contribution >= 0.6 is 34.2 Å². The summed E-state index contributed by atoms with van der Waals surface area (Å²) in [5, 5.41) is 8.68. The fourth-order valence-corrected chi connectivity index (χ4v) is 3.49. The molecule has 1 N–H and O–H groups in total. The van der Waals surface area contributed by atoms with Gasteiger partial charge in [0.05, 0.1) is 16.4 Å². The number of nitrogens with one attached hydrogen (secondary N) is 1. The van der Waals surface area contributed by atoms with E-state index in [1.165, 1.54) is 9.13 Å². The Kier molecular flexibility index (Phi) is 5.46. The average molecular weight is 404 g/mol. The summed E-state index contributed by atoms with van der Waals surface area (Å²) in [4.78, 5) is 0. The second-order valence-corrected chi connectivity index (χ2v) is 6.29. The predicted molar refractivity (Wildman–Crippen MR) is 92.3 cm³/mol. The molecule has 2 aromatic rings. The van der Waals surface area contributed by atoms with Crippen molar-refractivity contribution in [2.24, 2.45) is 7.05 Å². The van der Waals surface area contributed by atoms with Crippen LogP contribution in [0.1, 0.15) is 29.9 Å². The van der Waals surface area contributed by atoms with Gasteiger partial charge in [-0.3, -0.25) is 4.68 Å². The predicted octanol–water partition coefficient (Wildman–Crippen LogP) is 3.74. The van der Waals surface area contributed by atoms with Crippen molar-refractivity contribution >= 4 is 34.2 Å². The summed E-state index contributed by atoms with van der Waals surface area (Å²) in [6.07, 6.45) is 1.69. The third-order valence-corrected chi connectivity index (χ3v) is 4.95. The van der Waals surface area contributed by atoms with Gasteiger partial charge in [0.1, 0.15) is 0 Å². The summed E-state index contributed by atoms with van der Waals surface area (Å²) in [5.41, 5.74) is 3.36. The van der Waals surface area contributed by atoms with Crippen LogP contribution in [0.4, 0.5) is 0 Å². The normalized spacial score (nSPS) is 12.7. The minimum absolute atomic E-state index is 0.237. The summed E-state index contributed by atoms with van der Waals surface area (Å²) in [7, 11) is 3.95. The van der Waals surface area contributed by atoms with Gasteiger partial charge in [0.15, 0.2) is 0 Å². The molecule has 2 rings (SSSR count). The Labute approximate surface area is 138 Å². The van der Waals surface area contributed by atoms with Crippen molar-refractivity contribution < 1.29 is 0 Å². The van der Waals surface area contributed by atoms with Crippen LogP contribution in [0.5, 0.6) is 0 Å². The van der Waals surface area contributed by atoms with Crippen molar-refractivity contribution in [3.8, 4) is 0 Å². The van der Waals surface area contributed by atoms with Crippen LogP contribution in [0.25, 0.3) is 0 Å². The smallest absolute Gasteiger partial charge is 0.0850 e. The Morgan fingerprint density at radius 2 is 2.10 bits per heavy atom. The topological polar surface area (TPSA) is 29.9 Å². The van der Waals surface area contributed by atoms with Crippen molar-refractivity contribution in [2.45, 2.75) is 25.8 Å². The Balaban J connectivity index is 2.32. The van der Waals surface area contributed by atoms with Crippen LogP contribution in [-0.2, 0) is 19.9 Å². The van der Waals surface area contributed by atoms with E-state index in [1.807, 2.05) is 18.8 Å². The maximum atomic E-state index is 6.45. The third kappa shape index (κ3) is 3.18. The molecule has 1 atom stereocenters. The standard InChI is InChI=1S/C15H19ClIN3/c1-4-12-15(16)14(20(3)19-12)9-13(18-2)10-7-5-6-8-11(10)17/h5-8,13,18H,4,9H2,1-3H3. The van der Waals surface area contributed by atoms with Crippen molar-refractivity contribution in [3.05, 3.63) is 49.8 Å². The fourth-order valence-electron chi connectivity index (χ4n) is 2.36. The lowest BCUT2D eigenvalue weighted by Crippen LogP contribution is -2.21. The highest BCUT2D eigenvalue weighted by Crippen LogP contribution is 2.28. The van der Waals surface area contributed by atoms with Gasteiger partial charge in [0, 0.05) is 23.1 Å². The van der Waals surface area contributed by atoms with Gasteiger partial charge in [-0.15, -0.1) is 0 Å². The highest BCUT2D eigenvalue weighted by molar-refractivity contribution is 14.1. The number of rotatable bonds is 5. The van der Waals surface area contributed by atoms with Crippen LogP contribution in [-0.4, -0.2) is 16.8 Å². The first kappa shape index (κ1) is 15.8. The average Bonchev–Trinajstić information content (AvgIpc) is 2.72. The zero-order valence-corrected chi connectivity index (χ0v) is 14.9. The summed E-state index contributed by atoms with van der Waals surface area (Å²) in [5.74, 6) is 0. The highest BCUT2D eigenvalue weighted by Gasteiger charge is 2.19. The molecular formula is C15H19ClIN3. The molecule has 1 aromatic carbocycles. The Bertz CT molecular complexity index is 595. The second kappa shape index (κ2) is 6.91. The Morgan fingerprint density at radius 3 is 2.65 bits per heavy atom. The molecule has 108 valence electrons. The SMILES string of the molecule is CCc1nn(C)c(CC(NC)c2ccccc2I)c1Cl. The zero-order chi connectivity index (χ0) is 14.7. The minimum atomic E-state index is 0.237. The van der Waals surface area contributed by atoms with E-state index in [4.69, 9.17) is 11.6 Å². The van der Waals surface area contributed by atoms with Crippen LogP contribution in [0.15, 0.2) is 24.3 Å². The molecule has 5 heteroatoms. The van der Waals surface area contributed by atoms with Crippen LogP contribution in [0, 0.1) is 3.57 Å². The Morgan fingerprint density at radius 1 is 1.40 bits per heavy atom. The number of hydrogen-bond donors (Lipinski definition) is 1. The summed E-state index contributed by atoms with van der Waals surface area (Å²) in [6.45, 7) is 2.08. The van der Waals surface area contributed by atoms with E-state index >= 15 is 0 Å². The minimum Gasteiger partial charge on any atom is -0.313 e. The molecule has 0 amide bonds. The van der Waals surface area contributed by atoms with E-state index in [0.29, 0.717) is 0 Å². The van der Waals surface area contributed by atoms with Gasteiger partial charge in [-0.05, 0) is 47.7 Å². The fraction of sp³-hybridized carbons (Fsp3) is 0.400. The zero-order valence-electron chi connectivity index (χ0n) is 12.0. The van der Waals surface area contributed by atoms with Gasteiger partial charge in [-0.25, -0.2) is 0 Å². The van der Waals surface area contributed by atoms with E-state index in [-0.39, 0.29) is 6.04 Å². The first-order chi connectivity index (χ1) is 9.58. The quantitative estimate of drug-likeness (QED) is 0.771. The van der Waals surface area contributed by atoms with Crippen molar-refractivity contribution in [2.75, 3.05) is 7.05 Å². The van der Waals surface area contributed by atoms with Gasteiger partial charge in [-0.2, -0.15) is 5.10 Å². The second-order valence-electron chi connectivity index (χ2n) is 4.75.